The number of aliphatic carboxylic acids is 1. The Morgan fingerprint density at radius 2 is 1.89 bits per heavy atom. The zero-order valence-electron chi connectivity index (χ0n) is 21.5. The van der Waals surface area contributed by atoms with E-state index in [0.29, 0.717) is 31.1 Å². The predicted molar refractivity (Wildman–Crippen MR) is 146 cm³/mol. The van der Waals surface area contributed by atoms with Crippen LogP contribution in [0.15, 0.2) is 48.8 Å². The zero-order valence-corrected chi connectivity index (χ0v) is 21.5. The number of carbonyl (C=O) groups is 1. The lowest BCUT2D eigenvalue weighted by molar-refractivity contribution is -0.138. The number of pyridine rings is 1. The number of carboxylic acid groups (broad SMARTS) is 1. The highest BCUT2D eigenvalue weighted by atomic mass is 16.4. The highest BCUT2D eigenvalue weighted by molar-refractivity contribution is 5.69. The first-order valence-electron chi connectivity index (χ1n) is 12.7. The number of hydrogen-bond donors (Lipinski definition) is 4. The Hall–Kier alpha value is -4.11. The third-order valence-electron chi connectivity index (χ3n) is 6.32. The molecule has 2 aromatic heterocycles. The average Bonchev–Trinajstić information content (AvgIpc) is 2.93. The maximum absolute atomic E-state index is 11.0. The van der Waals surface area contributed by atoms with Crippen LogP contribution < -0.4 is 16.0 Å². The van der Waals surface area contributed by atoms with Crippen molar-refractivity contribution >= 4 is 23.4 Å². The highest BCUT2D eigenvalue weighted by Crippen LogP contribution is 2.23. The number of hydrogen-bond acceptors (Lipinski definition) is 10. The van der Waals surface area contributed by atoms with Gasteiger partial charge in [-0.05, 0) is 62.0 Å². The molecule has 1 aromatic carbocycles. The van der Waals surface area contributed by atoms with Crippen LogP contribution in [0.4, 0.5) is 17.5 Å². The molecule has 38 heavy (non-hydrogen) atoms. The molecular formula is C27H33N9O2. The van der Waals surface area contributed by atoms with E-state index in [9.17, 15) is 10.1 Å². The van der Waals surface area contributed by atoms with E-state index in [0.717, 1.165) is 60.9 Å². The van der Waals surface area contributed by atoms with Crippen molar-refractivity contribution in [2.45, 2.75) is 13.0 Å². The van der Waals surface area contributed by atoms with Crippen LogP contribution in [0.2, 0.25) is 0 Å². The maximum Gasteiger partial charge on any atom is 0.317 e. The van der Waals surface area contributed by atoms with Crippen molar-refractivity contribution in [2.75, 3.05) is 63.5 Å². The fourth-order valence-corrected chi connectivity index (χ4v) is 4.29. The summed E-state index contributed by atoms with van der Waals surface area (Å²) in [5, 5.41) is 28.3. The van der Waals surface area contributed by atoms with E-state index >= 15 is 0 Å². The van der Waals surface area contributed by atoms with Crippen molar-refractivity contribution in [1.29, 1.82) is 5.26 Å². The molecule has 4 N–H and O–H groups in total. The van der Waals surface area contributed by atoms with Crippen LogP contribution in [0.5, 0.6) is 0 Å². The second kappa shape index (κ2) is 13.4. The first kappa shape index (κ1) is 26.9. The summed E-state index contributed by atoms with van der Waals surface area (Å²) < 4.78 is 0. The molecule has 0 bridgehead atoms. The average molecular weight is 516 g/mol. The fraction of sp³-hybridized carbons (Fsp3) is 0.370. The minimum Gasteiger partial charge on any atom is -0.480 e. The summed E-state index contributed by atoms with van der Waals surface area (Å²) in [6.07, 6.45) is 4.51. The number of anilines is 3. The van der Waals surface area contributed by atoms with E-state index in [1.54, 1.807) is 18.5 Å². The van der Waals surface area contributed by atoms with Gasteiger partial charge < -0.3 is 21.1 Å². The van der Waals surface area contributed by atoms with Crippen LogP contribution in [-0.2, 0) is 11.3 Å². The Balaban J connectivity index is 1.40. The minimum absolute atomic E-state index is 0.0593. The Bertz CT molecular complexity index is 1250. The third-order valence-corrected chi connectivity index (χ3v) is 6.32. The van der Waals surface area contributed by atoms with Crippen LogP contribution in [0.25, 0.3) is 11.3 Å². The summed E-state index contributed by atoms with van der Waals surface area (Å²) >= 11 is 0. The topological polar surface area (TPSA) is 142 Å². The van der Waals surface area contributed by atoms with E-state index < -0.39 is 5.97 Å². The summed E-state index contributed by atoms with van der Waals surface area (Å²) in [4.78, 5) is 28.6. The Kier molecular flexibility index (Phi) is 9.53. The molecule has 198 valence electrons. The number of aromatic nitrogens is 3. The summed E-state index contributed by atoms with van der Waals surface area (Å²) in [5.41, 5.74) is 3.95. The van der Waals surface area contributed by atoms with E-state index in [4.69, 9.17) is 5.11 Å². The van der Waals surface area contributed by atoms with E-state index in [1.165, 1.54) is 0 Å². The van der Waals surface area contributed by atoms with E-state index in [-0.39, 0.29) is 6.54 Å². The molecule has 0 unspecified atom stereocenters. The molecule has 1 saturated heterocycles. The zero-order chi connectivity index (χ0) is 26.7. The molecule has 3 aromatic rings. The van der Waals surface area contributed by atoms with Gasteiger partial charge in [-0.1, -0.05) is 0 Å². The standard InChI is InChI=1S/C27H33N9O2/c1-29-8-2-9-30-25-6-4-21(17-32-25)24-7-10-31-27(34-24)33-23-5-3-20(16-28)22(15-23)18-35-11-13-36(14-12-35)19-26(37)38/h3-7,10,15,17,29H,2,8-9,11-14,18-19H2,1H3,(H,30,32)(H,37,38)(H,31,33,34). The van der Waals surface area contributed by atoms with Gasteiger partial charge in [-0.2, -0.15) is 5.26 Å². The van der Waals surface area contributed by atoms with Crippen LogP contribution in [-0.4, -0.2) is 88.7 Å². The fourth-order valence-electron chi connectivity index (χ4n) is 4.29. The lowest BCUT2D eigenvalue weighted by Gasteiger charge is -2.34. The van der Waals surface area contributed by atoms with Crippen molar-refractivity contribution < 1.29 is 9.90 Å². The van der Waals surface area contributed by atoms with Crippen molar-refractivity contribution in [3.63, 3.8) is 0 Å². The lowest BCUT2D eigenvalue weighted by atomic mass is 10.1. The largest absolute Gasteiger partial charge is 0.480 e. The van der Waals surface area contributed by atoms with Gasteiger partial charge in [0.05, 0.1) is 23.9 Å². The van der Waals surface area contributed by atoms with Crippen LogP contribution in [0.3, 0.4) is 0 Å². The first-order valence-corrected chi connectivity index (χ1v) is 12.7. The van der Waals surface area contributed by atoms with Crippen molar-refractivity contribution in [3.8, 4) is 17.3 Å². The summed E-state index contributed by atoms with van der Waals surface area (Å²) in [6, 6.07) is 13.6. The third kappa shape index (κ3) is 7.69. The Morgan fingerprint density at radius 1 is 1.08 bits per heavy atom. The molecule has 0 radical (unpaired) electrons. The number of piperazine rings is 1. The van der Waals surface area contributed by atoms with Gasteiger partial charge in [0.2, 0.25) is 5.95 Å². The van der Waals surface area contributed by atoms with E-state index in [1.807, 2.05) is 42.3 Å². The molecule has 1 aliphatic rings. The lowest BCUT2D eigenvalue weighted by Crippen LogP contribution is -2.47. The molecule has 4 rings (SSSR count). The molecule has 0 amide bonds. The van der Waals surface area contributed by atoms with Gasteiger partial charge in [0, 0.05) is 62.9 Å². The molecular weight excluding hydrogens is 482 g/mol. The monoisotopic (exact) mass is 515 g/mol. The molecule has 0 spiro atoms. The molecule has 1 fully saturated rings. The van der Waals surface area contributed by atoms with Gasteiger partial charge >= 0.3 is 5.97 Å². The molecule has 11 nitrogen and oxygen atoms in total. The summed E-state index contributed by atoms with van der Waals surface area (Å²) in [6.45, 7) is 5.35. The van der Waals surface area contributed by atoms with Crippen molar-refractivity contribution in [2.24, 2.45) is 0 Å². The quantitative estimate of drug-likeness (QED) is 0.264. The van der Waals surface area contributed by atoms with Gasteiger partial charge in [-0.15, -0.1) is 0 Å². The van der Waals surface area contributed by atoms with Crippen LogP contribution in [0, 0.1) is 11.3 Å². The number of nitriles is 1. The van der Waals surface area contributed by atoms with E-state index in [2.05, 4.69) is 41.9 Å². The Morgan fingerprint density at radius 3 is 2.61 bits per heavy atom. The molecule has 0 aliphatic carbocycles. The van der Waals surface area contributed by atoms with Crippen LogP contribution >= 0.6 is 0 Å². The van der Waals surface area contributed by atoms with Gasteiger partial charge in [0.25, 0.3) is 0 Å². The molecule has 11 heteroatoms. The first-order chi connectivity index (χ1) is 18.5. The second-order valence-corrected chi connectivity index (χ2v) is 9.14. The highest BCUT2D eigenvalue weighted by Gasteiger charge is 2.19. The van der Waals surface area contributed by atoms with Crippen molar-refractivity contribution in [3.05, 3.63) is 59.9 Å². The molecule has 0 atom stereocenters. The van der Waals surface area contributed by atoms with Gasteiger partial charge in [0.1, 0.15) is 5.82 Å². The minimum atomic E-state index is -0.809. The second-order valence-electron chi connectivity index (χ2n) is 9.14. The number of benzene rings is 1. The number of nitrogens with zero attached hydrogens (tertiary/aromatic N) is 6. The summed E-state index contributed by atoms with van der Waals surface area (Å²) in [5.74, 6) is 0.469. The predicted octanol–water partition coefficient (Wildman–Crippen LogP) is 2.38. The molecule has 1 aliphatic heterocycles. The van der Waals surface area contributed by atoms with Crippen molar-refractivity contribution in [1.82, 2.24) is 30.1 Å². The smallest absolute Gasteiger partial charge is 0.317 e. The number of nitrogens with one attached hydrogen (secondary N) is 3. The maximum atomic E-state index is 11.0. The SMILES string of the molecule is CNCCCNc1ccc(-c2ccnc(Nc3ccc(C#N)c(CN4CCN(CC(=O)O)CC4)c3)n2)cn1. The molecule has 0 saturated carbocycles. The molecule has 3 heterocycles. The van der Waals surface area contributed by atoms with Crippen LogP contribution in [0.1, 0.15) is 17.5 Å². The summed E-state index contributed by atoms with van der Waals surface area (Å²) in [7, 11) is 1.94. The van der Waals surface area contributed by atoms with Gasteiger partial charge in [0.15, 0.2) is 0 Å². The number of rotatable bonds is 12. The normalized spacial score (nSPS) is 14.1. The number of carboxylic acids is 1. The van der Waals surface area contributed by atoms with Gasteiger partial charge in [-0.25, -0.2) is 15.0 Å². The van der Waals surface area contributed by atoms with Gasteiger partial charge in [-0.3, -0.25) is 14.6 Å². The Labute approximate surface area is 222 Å².